The van der Waals surface area contributed by atoms with Crippen molar-refractivity contribution in [2.45, 2.75) is 18.9 Å². The summed E-state index contributed by atoms with van der Waals surface area (Å²) >= 11 is 12.2. The molecule has 0 radical (unpaired) electrons. The number of nitrogens with one attached hydrogen (secondary N) is 1. The van der Waals surface area contributed by atoms with Crippen molar-refractivity contribution in [2.24, 2.45) is 0 Å². The lowest BCUT2D eigenvalue weighted by atomic mass is 10.1. The third-order valence-corrected chi connectivity index (χ3v) is 8.61. The number of benzene rings is 3. The molecule has 2 aliphatic rings. The van der Waals surface area contributed by atoms with Crippen molar-refractivity contribution in [3.8, 4) is 11.5 Å². The third kappa shape index (κ3) is 7.23. The van der Waals surface area contributed by atoms with Gasteiger partial charge in [-0.15, -0.1) is 0 Å². The zero-order valence-electron chi connectivity index (χ0n) is 24.7. The lowest BCUT2D eigenvalue weighted by Gasteiger charge is -2.36. The highest BCUT2D eigenvalue weighted by atomic mass is 35.5. The van der Waals surface area contributed by atoms with Gasteiger partial charge in [0, 0.05) is 44.1 Å². The number of carbonyl (C=O) groups excluding carboxylic acids is 2. The van der Waals surface area contributed by atoms with Crippen LogP contribution >= 0.6 is 23.8 Å². The molecule has 44 heavy (non-hydrogen) atoms. The standard InChI is InChI=1S/C32H35ClFN5O4S/c1-42-26-11-6-23(7-12-26)35-30(40)21-28-31(41)39(25-10-13-29(43-2)27(33)20-25)32(44)38(28)15-3-14-36-16-18-37(19-17-36)24-8-4-22(34)5-9-24/h4-13,20,28H,3,14-19,21H2,1-2H3,(H,35,40). The van der Waals surface area contributed by atoms with Crippen LogP contribution in [-0.2, 0) is 9.59 Å². The molecule has 2 aliphatic heterocycles. The van der Waals surface area contributed by atoms with Gasteiger partial charge in [-0.05, 0) is 91.9 Å². The molecule has 3 aromatic rings. The molecule has 232 valence electrons. The Morgan fingerprint density at radius 1 is 0.955 bits per heavy atom. The SMILES string of the molecule is COc1ccc(NC(=O)CC2C(=O)N(c3ccc(OC)c(Cl)c3)C(=S)N2CCCN2CCN(c3ccc(F)cc3)CC2)cc1. The number of halogens is 2. The van der Waals surface area contributed by atoms with Crippen molar-refractivity contribution in [2.75, 3.05) is 68.6 Å². The van der Waals surface area contributed by atoms with E-state index in [1.54, 1.807) is 49.6 Å². The van der Waals surface area contributed by atoms with Crippen LogP contribution < -0.4 is 24.6 Å². The summed E-state index contributed by atoms with van der Waals surface area (Å²) in [6.07, 6.45) is 0.680. The Kier molecular flexibility index (Phi) is 10.2. The molecule has 1 unspecified atom stereocenters. The highest BCUT2D eigenvalue weighted by Crippen LogP contribution is 2.33. The minimum absolute atomic E-state index is 0.0677. The summed E-state index contributed by atoms with van der Waals surface area (Å²) in [5.41, 5.74) is 2.14. The van der Waals surface area contributed by atoms with E-state index in [4.69, 9.17) is 33.3 Å². The van der Waals surface area contributed by atoms with Gasteiger partial charge in [-0.25, -0.2) is 4.39 Å². The quantitative estimate of drug-likeness (QED) is 0.293. The zero-order chi connectivity index (χ0) is 31.2. The maximum Gasteiger partial charge on any atom is 0.256 e. The summed E-state index contributed by atoms with van der Waals surface area (Å²) in [5, 5.41) is 3.56. The van der Waals surface area contributed by atoms with Crippen LogP contribution in [0.4, 0.5) is 21.5 Å². The van der Waals surface area contributed by atoms with E-state index in [1.165, 1.54) is 24.1 Å². The van der Waals surface area contributed by atoms with Gasteiger partial charge in [0.2, 0.25) is 5.91 Å². The van der Waals surface area contributed by atoms with Crippen LogP contribution in [0.25, 0.3) is 0 Å². The van der Waals surface area contributed by atoms with E-state index in [0.717, 1.165) is 44.8 Å². The van der Waals surface area contributed by atoms with Crippen LogP contribution in [0.5, 0.6) is 11.5 Å². The predicted molar refractivity (Wildman–Crippen MR) is 174 cm³/mol. The molecule has 2 amide bonds. The van der Waals surface area contributed by atoms with E-state index in [-0.39, 0.29) is 24.1 Å². The summed E-state index contributed by atoms with van der Waals surface area (Å²) < 4.78 is 23.8. The maximum absolute atomic E-state index is 13.8. The molecular weight excluding hydrogens is 605 g/mol. The highest BCUT2D eigenvalue weighted by Gasteiger charge is 2.44. The second-order valence-electron chi connectivity index (χ2n) is 10.6. The lowest BCUT2D eigenvalue weighted by molar-refractivity contribution is -0.124. The number of carbonyl (C=O) groups is 2. The summed E-state index contributed by atoms with van der Waals surface area (Å²) in [7, 11) is 3.10. The number of nitrogens with zero attached hydrogens (tertiary/aromatic N) is 4. The first-order chi connectivity index (χ1) is 21.3. The maximum atomic E-state index is 13.8. The monoisotopic (exact) mass is 639 g/mol. The lowest BCUT2D eigenvalue weighted by Crippen LogP contribution is -2.47. The number of thiocarbonyl (C=S) groups is 1. The topological polar surface area (TPSA) is 77.6 Å². The second kappa shape index (κ2) is 14.2. The number of ether oxygens (including phenoxy) is 2. The van der Waals surface area contributed by atoms with Crippen LogP contribution in [0.1, 0.15) is 12.8 Å². The van der Waals surface area contributed by atoms with E-state index < -0.39 is 6.04 Å². The van der Waals surface area contributed by atoms with Crippen molar-refractivity contribution >= 4 is 57.8 Å². The average molecular weight is 640 g/mol. The number of piperazine rings is 1. The van der Waals surface area contributed by atoms with E-state index in [0.29, 0.717) is 39.6 Å². The number of hydrogen-bond acceptors (Lipinski definition) is 7. The average Bonchev–Trinajstić information content (AvgIpc) is 3.26. The van der Waals surface area contributed by atoms with Crippen molar-refractivity contribution in [1.82, 2.24) is 9.80 Å². The van der Waals surface area contributed by atoms with Crippen molar-refractivity contribution in [3.63, 3.8) is 0 Å². The van der Waals surface area contributed by atoms with E-state index >= 15 is 0 Å². The number of anilines is 3. The number of rotatable bonds is 11. The molecule has 9 nitrogen and oxygen atoms in total. The molecule has 0 aromatic heterocycles. The molecule has 0 saturated carbocycles. The Labute approximate surface area is 267 Å². The molecule has 5 rings (SSSR count). The van der Waals surface area contributed by atoms with Gasteiger partial charge in [-0.2, -0.15) is 0 Å². The second-order valence-corrected chi connectivity index (χ2v) is 11.4. The summed E-state index contributed by atoms with van der Waals surface area (Å²) in [5.74, 6) is 0.341. The highest BCUT2D eigenvalue weighted by molar-refractivity contribution is 7.80. The molecule has 1 atom stereocenters. The van der Waals surface area contributed by atoms with E-state index in [1.807, 2.05) is 17.0 Å². The van der Waals surface area contributed by atoms with Crippen molar-refractivity contribution in [1.29, 1.82) is 0 Å². The molecule has 2 heterocycles. The van der Waals surface area contributed by atoms with Gasteiger partial charge >= 0.3 is 0 Å². The van der Waals surface area contributed by atoms with Crippen LogP contribution in [0, 0.1) is 5.82 Å². The minimum Gasteiger partial charge on any atom is -0.497 e. The first-order valence-electron chi connectivity index (χ1n) is 14.4. The number of methoxy groups -OCH3 is 2. The van der Waals surface area contributed by atoms with Gasteiger partial charge < -0.3 is 24.6 Å². The van der Waals surface area contributed by atoms with Crippen LogP contribution in [-0.4, -0.2) is 86.3 Å². The molecule has 2 saturated heterocycles. The molecule has 0 aliphatic carbocycles. The van der Waals surface area contributed by atoms with E-state index in [9.17, 15) is 14.0 Å². The molecule has 2 fully saturated rings. The van der Waals surface area contributed by atoms with Gasteiger partial charge in [0.05, 0.1) is 31.4 Å². The van der Waals surface area contributed by atoms with Crippen LogP contribution in [0.15, 0.2) is 66.7 Å². The number of hydrogen-bond donors (Lipinski definition) is 1. The van der Waals surface area contributed by atoms with Gasteiger partial charge in [-0.1, -0.05) is 11.6 Å². The predicted octanol–water partition coefficient (Wildman–Crippen LogP) is 5.04. The Bertz CT molecular complexity index is 1480. The fourth-order valence-corrected chi connectivity index (χ4v) is 6.19. The van der Waals surface area contributed by atoms with Crippen molar-refractivity contribution < 1.29 is 23.5 Å². The fraction of sp³-hybridized carbons (Fsp3) is 0.344. The normalized spacial score (nSPS) is 17.3. The smallest absolute Gasteiger partial charge is 0.256 e. The van der Waals surface area contributed by atoms with Gasteiger partial charge in [0.15, 0.2) is 5.11 Å². The van der Waals surface area contributed by atoms with Crippen molar-refractivity contribution in [3.05, 3.63) is 77.6 Å². The van der Waals surface area contributed by atoms with Gasteiger partial charge in [-0.3, -0.25) is 19.4 Å². The molecular formula is C32H35ClFN5O4S. The fourth-order valence-electron chi connectivity index (χ4n) is 5.53. The minimum atomic E-state index is -0.767. The van der Waals surface area contributed by atoms with Crippen LogP contribution in [0.2, 0.25) is 5.02 Å². The molecule has 0 spiro atoms. The third-order valence-electron chi connectivity index (χ3n) is 7.90. The summed E-state index contributed by atoms with van der Waals surface area (Å²) in [6, 6.07) is 17.9. The molecule has 3 aromatic carbocycles. The molecule has 0 bridgehead atoms. The van der Waals surface area contributed by atoms with E-state index in [2.05, 4.69) is 15.1 Å². The first-order valence-corrected chi connectivity index (χ1v) is 15.2. The summed E-state index contributed by atoms with van der Waals surface area (Å²) in [4.78, 5) is 34.9. The Balaban J connectivity index is 1.24. The Morgan fingerprint density at radius 3 is 2.27 bits per heavy atom. The molecule has 1 N–H and O–H groups in total. The van der Waals surface area contributed by atoms with Gasteiger partial charge in [0.1, 0.15) is 23.4 Å². The number of amides is 2. The molecule has 12 heteroatoms. The zero-order valence-corrected chi connectivity index (χ0v) is 26.2. The van der Waals surface area contributed by atoms with Crippen LogP contribution in [0.3, 0.4) is 0 Å². The first kappa shape index (κ1) is 31.5. The van der Waals surface area contributed by atoms with Gasteiger partial charge in [0.25, 0.3) is 5.91 Å². The largest absolute Gasteiger partial charge is 0.497 e. The summed E-state index contributed by atoms with van der Waals surface area (Å²) in [6.45, 7) is 4.72. The Hall–Kier alpha value is -3.93. The Morgan fingerprint density at radius 2 is 1.64 bits per heavy atom.